The van der Waals surface area contributed by atoms with Crippen LogP contribution in [0.5, 0.6) is 0 Å². The first-order valence-electron chi connectivity index (χ1n) is 15.3. The van der Waals surface area contributed by atoms with Crippen LogP contribution in [-0.2, 0) is 0 Å². The molecule has 0 bridgehead atoms. The number of rotatable bonds is 3. The average molecular weight is 636 g/mol. The van der Waals surface area contributed by atoms with Crippen molar-refractivity contribution in [2.45, 2.75) is 0 Å². The third-order valence-electron chi connectivity index (χ3n) is 8.89. The molecule has 0 aliphatic carbocycles. The van der Waals surface area contributed by atoms with Crippen molar-refractivity contribution in [2.75, 3.05) is 0 Å². The fourth-order valence-corrected chi connectivity index (χ4v) is 9.35. The molecule has 47 heavy (non-hydrogen) atoms. The number of hydrogen-bond acceptors (Lipinski definition) is 6. The van der Waals surface area contributed by atoms with Gasteiger partial charge >= 0.3 is 0 Å². The summed E-state index contributed by atoms with van der Waals surface area (Å²) in [5, 5.41) is 17.0. The number of nitriles is 1. The molecule has 0 atom stereocenters. The highest BCUT2D eigenvalue weighted by Gasteiger charge is 2.25. The molecule has 5 nitrogen and oxygen atoms in total. The zero-order valence-corrected chi connectivity index (χ0v) is 26.3. The number of hydrogen-bond donors (Lipinski definition) is 0. The van der Waals surface area contributed by atoms with E-state index >= 15 is 0 Å². The highest BCUT2D eigenvalue weighted by atomic mass is 32.1. The van der Waals surface area contributed by atoms with Crippen LogP contribution in [0.1, 0.15) is 5.56 Å². The molecule has 0 aliphatic rings. The maximum atomic E-state index is 9.43. The molecule has 0 amide bonds. The SMILES string of the molecule is N#Cc1ccc(-c2nc(-c3ccccc3)nc(-n3c4ccccc4c4c5sc6ccccc6c5c5c6ccccc6sc5c43)n2)cc1. The van der Waals surface area contributed by atoms with Crippen LogP contribution >= 0.6 is 22.7 Å². The Hall–Kier alpha value is -5.94. The number of nitrogens with zero attached hydrogens (tertiary/aromatic N) is 5. The number of benzene rings is 6. The normalized spacial score (nSPS) is 11.8. The Kier molecular flexibility index (Phi) is 5.61. The maximum absolute atomic E-state index is 9.43. The molecule has 0 radical (unpaired) electrons. The molecule has 10 aromatic rings. The van der Waals surface area contributed by atoms with E-state index in [-0.39, 0.29) is 0 Å². The molecule has 0 spiro atoms. The molecule has 218 valence electrons. The summed E-state index contributed by atoms with van der Waals surface area (Å²) in [6.07, 6.45) is 0. The predicted octanol–water partition coefficient (Wildman–Crippen LogP) is 10.9. The Bertz CT molecular complexity index is 2910. The van der Waals surface area contributed by atoms with Crippen molar-refractivity contribution in [3.8, 4) is 34.8 Å². The van der Waals surface area contributed by atoms with Crippen LogP contribution < -0.4 is 0 Å². The van der Waals surface area contributed by atoms with Gasteiger partial charge in [-0.05, 0) is 42.5 Å². The monoisotopic (exact) mass is 635 g/mol. The second-order valence-electron chi connectivity index (χ2n) is 11.5. The second kappa shape index (κ2) is 10.0. The van der Waals surface area contributed by atoms with Crippen LogP contribution in [0, 0.1) is 11.3 Å². The molecule has 0 fully saturated rings. The topological polar surface area (TPSA) is 67.4 Å². The summed E-state index contributed by atoms with van der Waals surface area (Å²) in [5.41, 5.74) is 4.48. The molecule has 10 rings (SSSR count). The first kappa shape index (κ1) is 26.3. The Morgan fingerprint density at radius 2 is 1.06 bits per heavy atom. The van der Waals surface area contributed by atoms with E-state index in [0.29, 0.717) is 23.2 Å². The molecule has 0 unspecified atom stereocenters. The molecule has 0 aliphatic heterocycles. The Morgan fingerprint density at radius 1 is 0.511 bits per heavy atom. The summed E-state index contributed by atoms with van der Waals surface area (Å²) < 4.78 is 7.26. The van der Waals surface area contributed by atoms with Gasteiger partial charge in [0.15, 0.2) is 11.6 Å². The van der Waals surface area contributed by atoms with Crippen molar-refractivity contribution in [3.05, 3.63) is 133 Å². The van der Waals surface area contributed by atoms with E-state index in [1.54, 1.807) is 12.1 Å². The summed E-state index contributed by atoms with van der Waals surface area (Å²) in [6, 6.07) is 45.8. The van der Waals surface area contributed by atoms with Crippen molar-refractivity contribution in [1.29, 1.82) is 5.26 Å². The fourth-order valence-electron chi connectivity index (χ4n) is 6.83. The smallest absolute Gasteiger partial charge is 0.238 e. The lowest BCUT2D eigenvalue weighted by atomic mass is 10.0. The van der Waals surface area contributed by atoms with Gasteiger partial charge in [0.25, 0.3) is 0 Å². The van der Waals surface area contributed by atoms with E-state index < -0.39 is 0 Å². The van der Waals surface area contributed by atoms with Gasteiger partial charge in [0.2, 0.25) is 5.95 Å². The summed E-state index contributed by atoms with van der Waals surface area (Å²) in [4.78, 5) is 15.3. The molecular formula is C40H21N5S2. The summed E-state index contributed by atoms with van der Waals surface area (Å²) in [7, 11) is 0. The lowest BCUT2D eigenvalue weighted by Gasteiger charge is -2.11. The minimum absolute atomic E-state index is 0.555. The zero-order valence-electron chi connectivity index (χ0n) is 24.7. The van der Waals surface area contributed by atoms with Crippen LogP contribution in [0.2, 0.25) is 0 Å². The largest absolute Gasteiger partial charge is 0.276 e. The Balaban J connectivity index is 1.41. The van der Waals surface area contributed by atoms with Crippen LogP contribution in [0.3, 0.4) is 0 Å². The molecule has 0 saturated heterocycles. The van der Waals surface area contributed by atoms with Gasteiger partial charge in [-0.25, -0.2) is 4.98 Å². The van der Waals surface area contributed by atoms with E-state index in [1.165, 1.54) is 51.1 Å². The van der Waals surface area contributed by atoms with Gasteiger partial charge < -0.3 is 0 Å². The molecule has 6 aromatic carbocycles. The van der Waals surface area contributed by atoms with E-state index in [4.69, 9.17) is 15.0 Å². The summed E-state index contributed by atoms with van der Waals surface area (Å²) >= 11 is 3.69. The second-order valence-corrected chi connectivity index (χ2v) is 13.6. The molecule has 0 saturated carbocycles. The van der Waals surface area contributed by atoms with E-state index in [9.17, 15) is 5.26 Å². The molecule has 7 heteroatoms. The van der Waals surface area contributed by atoms with Gasteiger partial charge in [-0.15, -0.1) is 22.7 Å². The van der Waals surface area contributed by atoms with Gasteiger partial charge in [-0.3, -0.25) is 4.57 Å². The number of fused-ring (bicyclic) bond motifs is 12. The van der Waals surface area contributed by atoms with E-state index in [1.807, 2.05) is 65.1 Å². The van der Waals surface area contributed by atoms with Crippen molar-refractivity contribution in [1.82, 2.24) is 19.5 Å². The highest BCUT2D eigenvalue weighted by Crippen LogP contribution is 2.51. The van der Waals surface area contributed by atoms with Crippen molar-refractivity contribution in [3.63, 3.8) is 0 Å². The van der Waals surface area contributed by atoms with Gasteiger partial charge in [0.05, 0.1) is 27.4 Å². The van der Waals surface area contributed by atoms with E-state index in [0.717, 1.165) is 22.2 Å². The van der Waals surface area contributed by atoms with Crippen LogP contribution in [-0.4, -0.2) is 19.5 Å². The van der Waals surface area contributed by atoms with Crippen molar-refractivity contribution in [2.24, 2.45) is 0 Å². The van der Waals surface area contributed by atoms with Gasteiger partial charge in [0, 0.05) is 57.5 Å². The van der Waals surface area contributed by atoms with Crippen LogP contribution in [0.4, 0.5) is 0 Å². The zero-order chi connectivity index (χ0) is 31.1. The molecular weight excluding hydrogens is 615 g/mol. The minimum Gasteiger partial charge on any atom is -0.276 e. The third-order valence-corrected chi connectivity index (χ3v) is 11.3. The predicted molar refractivity (Wildman–Crippen MR) is 196 cm³/mol. The first-order chi connectivity index (χ1) is 23.3. The first-order valence-corrected chi connectivity index (χ1v) is 16.9. The molecule has 4 heterocycles. The molecule has 4 aromatic heterocycles. The van der Waals surface area contributed by atoms with E-state index in [2.05, 4.69) is 83.4 Å². The average Bonchev–Trinajstić information content (AvgIpc) is 3.81. The van der Waals surface area contributed by atoms with Gasteiger partial charge in [-0.2, -0.15) is 15.2 Å². The lowest BCUT2D eigenvalue weighted by Crippen LogP contribution is -2.06. The maximum Gasteiger partial charge on any atom is 0.238 e. The van der Waals surface area contributed by atoms with Gasteiger partial charge in [-0.1, -0.05) is 84.9 Å². The molecule has 0 N–H and O–H groups in total. The van der Waals surface area contributed by atoms with Gasteiger partial charge in [0.1, 0.15) is 0 Å². The highest BCUT2D eigenvalue weighted by molar-refractivity contribution is 7.29. The number of thiophene rings is 2. The Morgan fingerprint density at radius 3 is 1.74 bits per heavy atom. The fraction of sp³-hybridized carbons (Fsp3) is 0. The standard InChI is InChI=1S/C40H21N5S2/c41-22-23-18-20-25(21-19-23)39-42-38(24-10-2-1-3-11-24)43-40(44-39)45-29-15-7-4-12-26(29)34-35(45)37-33(28-14-6-9-17-31(28)47-37)32-27-13-5-8-16-30(27)46-36(32)34/h1-21H. The summed E-state index contributed by atoms with van der Waals surface area (Å²) in [5.74, 6) is 1.71. The van der Waals surface area contributed by atoms with Crippen molar-refractivity contribution >= 4 is 84.8 Å². The third kappa shape index (κ3) is 3.83. The summed E-state index contributed by atoms with van der Waals surface area (Å²) in [6.45, 7) is 0. The quantitative estimate of drug-likeness (QED) is 0.194. The number of para-hydroxylation sites is 1. The number of aromatic nitrogens is 4. The Labute approximate surface area is 276 Å². The van der Waals surface area contributed by atoms with Crippen molar-refractivity contribution < 1.29 is 0 Å². The minimum atomic E-state index is 0.555. The van der Waals surface area contributed by atoms with Crippen LogP contribution in [0.25, 0.3) is 90.9 Å². The lowest BCUT2D eigenvalue weighted by molar-refractivity contribution is 0.955. The van der Waals surface area contributed by atoms with Crippen LogP contribution in [0.15, 0.2) is 127 Å².